The summed E-state index contributed by atoms with van der Waals surface area (Å²) in [7, 11) is 3.27. The highest BCUT2D eigenvalue weighted by Gasteiger charge is 2.42. The lowest BCUT2D eigenvalue weighted by atomic mass is 9.76. The molecule has 0 spiro atoms. The fourth-order valence-corrected chi connectivity index (χ4v) is 9.21. The minimum atomic E-state index is -1.08. The molecule has 0 saturated carbocycles. The second kappa shape index (κ2) is 25.9. The van der Waals surface area contributed by atoms with Crippen LogP contribution in [-0.4, -0.2) is 95.7 Å². The zero-order valence-corrected chi connectivity index (χ0v) is 45.5. The van der Waals surface area contributed by atoms with Crippen LogP contribution in [0.15, 0.2) is 90.5 Å². The number of carbonyl (C=O) groups excluding carboxylic acids is 6. The summed E-state index contributed by atoms with van der Waals surface area (Å²) in [5.41, 5.74) is 3.68. The summed E-state index contributed by atoms with van der Waals surface area (Å²) in [6.07, 6.45) is 7.05. The molecule has 0 aliphatic carbocycles. The van der Waals surface area contributed by atoms with Crippen LogP contribution < -0.4 is 31.5 Å². The Balaban J connectivity index is 1.36. The van der Waals surface area contributed by atoms with Crippen LogP contribution in [0.4, 0.5) is 11.4 Å². The monoisotopic (exact) mass is 1000 g/mol. The van der Waals surface area contributed by atoms with Gasteiger partial charge in [-0.2, -0.15) is 0 Å². The van der Waals surface area contributed by atoms with Gasteiger partial charge in [0.1, 0.15) is 18.1 Å². The highest BCUT2D eigenvalue weighted by atomic mass is 16.4. The molecule has 4 rings (SSSR count). The van der Waals surface area contributed by atoms with Crippen LogP contribution in [0.2, 0.25) is 0 Å². The number of fused-ring (bicyclic) bond motifs is 2. The Labute approximate surface area is 433 Å². The molecule has 0 fully saturated rings. The average molecular weight is 1000 g/mol. The summed E-state index contributed by atoms with van der Waals surface area (Å²) in [6, 6.07) is 18.8. The maximum absolute atomic E-state index is 14.2. The molecule has 15 heteroatoms. The van der Waals surface area contributed by atoms with Gasteiger partial charge < -0.3 is 41.5 Å². The van der Waals surface area contributed by atoms with Crippen LogP contribution in [0, 0.1) is 17.3 Å². The number of carboxylic acids is 1. The predicted octanol–water partition coefficient (Wildman–Crippen LogP) is 8.11. The van der Waals surface area contributed by atoms with E-state index in [1.165, 1.54) is 17.4 Å². The lowest BCUT2D eigenvalue weighted by Gasteiger charge is -2.40. The molecular weight excluding hydrogens is 923 g/mol. The van der Waals surface area contributed by atoms with E-state index in [1.807, 2.05) is 110 Å². The number of unbranched alkanes of at least 4 members (excludes halogenated alkanes) is 1. The molecule has 1 aliphatic rings. The van der Waals surface area contributed by atoms with E-state index >= 15 is 0 Å². The second-order valence-electron chi connectivity index (χ2n) is 21.8. The molecule has 6 N–H and O–H groups in total. The van der Waals surface area contributed by atoms with Gasteiger partial charge in [0.15, 0.2) is 0 Å². The van der Waals surface area contributed by atoms with Gasteiger partial charge in [-0.05, 0) is 97.4 Å². The number of nitrogens with zero attached hydrogens (tertiary/aromatic N) is 2. The summed E-state index contributed by atoms with van der Waals surface area (Å²) in [5.74, 6) is -3.49. The van der Waals surface area contributed by atoms with E-state index in [9.17, 15) is 38.7 Å². The third-order valence-corrected chi connectivity index (χ3v) is 13.8. The highest BCUT2D eigenvalue weighted by Crippen LogP contribution is 2.33. The van der Waals surface area contributed by atoms with E-state index in [4.69, 9.17) is 0 Å². The van der Waals surface area contributed by atoms with Crippen molar-refractivity contribution < 1.29 is 38.7 Å². The number of amides is 6. The van der Waals surface area contributed by atoms with Crippen LogP contribution in [0.25, 0.3) is 6.08 Å². The van der Waals surface area contributed by atoms with Gasteiger partial charge in [-0.15, -0.1) is 0 Å². The van der Waals surface area contributed by atoms with E-state index in [0.29, 0.717) is 30.6 Å². The molecule has 1 unspecified atom stereocenters. The van der Waals surface area contributed by atoms with Gasteiger partial charge in [-0.3, -0.25) is 28.8 Å². The smallest absolute Gasteiger partial charge is 0.331 e. The van der Waals surface area contributed by atoms with Crippen LogP contribution in [0.5, 0.6) is 0 Å². The Kier molecular flexibility index (Phi) is 20.9. The third-order valence-electron chi connectivity index (χ3n) is 13.8. The third kappa shape index (κ3) is 15.7. The topological polar surface area (TPSA) is 206 Å². The van der Waals surface area contributed by atoms with Gasteiger partial charge in [-0.1, -0.05) is 142 Å². The van der Waals surface area contributed by atoms with Crippen molar-refractivity contribution in [3.8, 4) is 0 Å². The molecule has 396 valence electrons. The fraction of sp³-hybridized carbons (Fsp3) is 0.500. The van der Waals surface area contributed by atoms with Crippen LogP contribution >= 0.6 is 0 Å². The van der Waals surface area contributed by atoms with E-state index in [-0.39, 0.29) is 53.9 Å². The largest absolute Gasteiger partial charge is 0.478 e. The maximum atomic E-state index is 14.2. The summed E-state index contributed by atoms with van der Waals surface area (Å²) in [6.45, 7) is 22.3. The minimum absolute atomic E-state index is 0.0390. The molecule has 0 aromatic heterocycles. The number of hydrogen-bond acceptors (Lipinski definition) is 8. The molecule has 0 radical (unpaired) electrons. The summed E-state index contributed by atoms with van der Waals surface area (Å²) in [5, 5.41) is 24.1. The lowest BCUT2D eigenvalue weighted by molar-refractivity contribution is -0.141. The Morgan fingerprint density at radius 1 is 0.781 bits per heavy atom. The zero-order valence-electron chi connectivity index (χ0n) is 45.5. The van der Waals surface area contributed by atoms with Crippen LogP contribution in [0.3, 0.4) is 0 Å². The first-order chi connectivity index (χ1) is 34.2. The van der Waals surface area contributed by atoms with Gasteiger partial charge in [0.05, 0.1) is 24.3 Å². The zero-order chi connectivity index (χ0) is 54.5. The molecule has 3 aromatic rings. The van der Waals surface area contributed by atoms with Crippen molar-refractivity contribution in [1.29, 1.82) is 0 Å². The minimum Gasteiger partial charge on any atom is -0.478 e. The molecule has 1 heterocycles. The van der Waals surface area contributed by atoms with Crippen molar-refractivity contribution in [2.45, 2.75) is 157 Å². The molecule has 15 nitrogen and oxygen atoms in total. The first-order valence-corrected chi connectivity index (χ1v) is 25.5. The average Bonchev–Trinajstić information content (AvgIpc) is 3.38. The maximum Gasteiger partial charge on any atom is 0.331 e. The number of aliphatic carboxylic acids is 1. The number of anilines is 2. The number of allylic oxidation sites excluding steroid dienone is 1. The molecule has 73 heavy (non-hydrogen) atoms. The van der Waals surface area contributed by atoms with Crippen molar-refractivity contribution in [2.75, 3.05) is 24.3 Å². The highest BCUT2D eigenvalue weighted by molar-refractivity contribution is 5.99. The molecule has 6 amide bonds. The van der Waals surface area contributed by atoms with E-state index in [2.05, 4.69) is 57.8 Å². The number of nitrogens with one attached hydrogen (secondary N) is 5. The number of hydrogen-bond donors (Lipinski definition) is 6. The standard InChI is InChI=1S/C58H81N7O8/c1-35(2)46(32-38(6)56(72)73)64(14)55(71)51(57(8,9)10)63-54(70)50(59-13)58(11,12)42-24-21-25-43(33-42)61-52(68)39(7)60-53(69)49(36(3)4)62-47(66)28-19-20-29-48(67)65-34-41-23-15-17-26-44(41)37(5)30-31-40-22-16-18-27-45(40)65/h15-18,21-27,30-33,35-37,39,46,49-51,59H,19-20,28-29,34H2,1-14H3,(H,60,69)(H,61,68)(H,62,66)(H,63,70)(H,72,73)/b31-30-,38-32+/t37?,39-,46+,49-,50+,51+/m0/s1. The Morgan fingerprint density at radius 3 is 2.05 bits per heavy atom. The molecule has 0 saturated heterocycles. The number of likely N-dealkylation sites (N-methyl/N-ethyl adjacent to an activating group) is 2. The Hall–Kier alpha value is -6.61. The number of para-hydroxylation sites is 1. The molecule has 6 atom stereocenters. The van der Waals surface area contributed by atoms with Crippen LogP contribution in [-0.2, 0) is 45.5 Å². The van der Waals surface area contributed by atoms with Crippen molar-refractivity contribution in [1.82, 2.24) is 26.2 Å². The second-order valence-corrected chi connectivity index (χ2v) is 21.8. The molecule has 0 bridgehead atoms. The van der Waals surface area contributed by atoms with Crippen molar-refractivity contribution >= 4 is 58.9 Å². The fourth-order valence-electron chi connectivity index (χ4n) is 9.21. The van der Waals surface area contributed by atoms with E-state index in [1.54, 1.807) is 45.3 Å². The van der Waals surface area contributed by atoms with Gasteiger partial charge in [0.2, 0.25) is 35.4 Å². The molecule has 1 aliphatic heterocycles. The number of carbonyl (C=O) groups is 7. The van der Waals surface area contributed by atoms with E-state index < -0.39 is 64.7 Å². The Morgan fingerprint density at radius 2 is 1.42 bits per heavy atom. The predicted molar refractivity (Wildman–Crippen MR) is 289 cm³/mol. The summed E-state index contributed by atoms with van der Waals surface area (Å²) in [4.78, 5) is 97.7. The van der Waals surface area contributed by atoms with Gasteiger partial charge in [0.25, 0.3) is 0 Å². The van der Waals surface area contributed by atoms with Crippen molar-refractivity contribution in [2.24, 2.45) is 17.3 Å². The van der Waals surface area contributed by atoms with Gasteiger partial charge >= 0.3 is 5.97 Å². The van der Waals surface area contributed by atoms with Crippen molar-refractivity contribution in [3.63, 3.8) is 0 Å². The number of carboxylic acid groups (broad SMARTS) is 1. The Bertz CT molecular complexity index is 2520. The summed E-state index contributed by atoms with van der Waals surface area (Å²) >= 11 is 0. The SMILES string of the molecule is CN[C@H](C(=O)N[C@H](C(=O)N(C)[C@H](/C=C(\C)C(=O)O)C(C)C)C(C)(C)C)C(C)(C)c1cccc(NC(=O)[C@H](C)NC(=O)[C@@H](NC(=O)CCCCC(=O)N2Cc3ccccc3C(C)/C=C\c3ccccc32)C(C)C)c1. The normalized spacial score (nSPS) is 16.5. The van der Waals surface area contributed by atoms with Crippen molar-refractivity contribution in [3.05, 3.63) is 113 Å². The molecule has 3 aromatic carbocycles. The first kappa shape index (κ1) is 59.0. The number of rotatable bonds is 21. The lowest BCUT2D eigenvalue weighted by Crippen LogP contribution is -2.61. The van der Waals surface area contributed by atoms with Gasteiger partial charge in [0, 0.05) is 36.6 Å². The summed E-state index contributed by atoms with van der Waals surface area (Å²) < 4.78 is 0. The number of benzene rings is 3. The van der Waals surface area contributed by atoms with Crippen LogP contribution in [0.1, 0.15) is 137 Å². The molecular formula is C58H81N7O8. The quantitative estimate of drug-likeness (QED) is 0.0450. The first-order valence-electron chi connectivity index (χ1n) is 25.5. The van der Waals surface area contributed by atoms with Gasteiger partial charge in [-0.25, -0.2) is 4.79 Å². The van der Waals surface area contributed by atoms with E-state index in [0.717, 1.165) is 16.8 Å².